The maximum atomic E-state index is 4.15. The number of nitrogens with one attached hydrogen (secondary N) is 2. The van der Waals surface area contributed by atoms with Crippen LogP contribution in [0.4, 0.5) is 0 Å². The molecule has 0 fully saturated rings. The summed E-state index contributed by atoms with van der Waals surface area (Å²) < 4.78 is 0. The Labute approximate surface area is 98.3 Å². The minimum absolute atomic E-state index is 0.514. The molecule has 0 unspecified atom stereocenters. The van der Waals surface area contributed by atoms with E-state index >= 15 is 0 Å². The highest BCUT2D eigenvalue weighted by Gasteiger charge is 2.07. The fraction of sp³-hybridized carbons (Fsp3) is 0.500. The van der Waals surface area contributed by atoms with Crippen LogP contribution in [-0.2, 0) is 6.42 Å². The van der Waals surface area contributed by atoms with Crippen molar-refractivity contribution in [1.82, 2.24) is 25.7 Å². The number of hydrogen-bond acceptors (Lipinski definition) is 5. The molecule has 0 radical (unpaired) electrons. The molecule has 5 nitrogen and oxygen atoms in total. The summed E-state index contributed by atoms with van der Waals surface area (Å²) in [7, 11) is 0. The van der Waals surface area contributed by atoms with Gasteiger partial charge in [-0.3, -0.25) is 5.10 Å². The van der Waals surface area contributed by atoms with Gasteiger partial charge in [0.2, 0.25) is 0 Å². The molecule has 2 heterocycles. The van der Waals surface area contributed by atoms with Crippen LogP contribution in [0.2, 0.25) is 0 Å². The molecule has 0 amide bonds. The molecule has 16 heavy (non-hydrogen) atoms. The summed E-state index contributed by atoms with van der Waals surface area (Å²) in [5.41, 5.74) is 0.931. The van der Waals surface area contributed by atoms with E-state index in [1.165, 1.54) is 0 Å². The SMILES string of the molecule is CC(C)NCCc1nnc(-c2ccn[nH]2)s1. The fourth-order valence-corrected chi connectivity index (χ4v) is 2.12. The first-order valence-corrected chi connectivity index (χ1v) is 6.13. The summed E-state index contributed by atoms with van der Waals surface area (Å²) in [6.07, 6.45) is 2.64. The van der Waals surface area contributed by atoms with E-state index in [1.54, 1.807) is 17.5 Å². The van der Waals surface area contributed by atoms with E-state index < -0.39 is 0 Å². The average Bonchev–Trinajstić information content (AvgIpc) is 2.85. The Morgan fingerprint density at radius 1 is 1.44 bits per heavy atom. The summed E-state index contributed by atoms with van der Waals surface area (Å²) in [5.74, 6) is 0. The zero-order valence-corrected chi connectivity index (χ0v) is 10.2. The molecule has 2 aromatic heterocycles. The average molecular weight is 237 g/mol. The summed E-state index contributed by atoms with van der Waals surface area (Å²) in [6, 6.07) is 2.41. The van der Waals surface area contributed by atoms with Gasteiger partial charge in [0.15, 0.2) is 5.01 Å². The van der Waals surface area contributed by atoms with E-state index in [9.17, 15) is 0 Å². The van der Waals surface area contributed by atoms with E-state index in [1.807, 2.05) is 6.07 Å². The molecule has 2 N–H and O–H groups in total. The molecule has 0 atom stereocenters. The monoisotopic (exact) mass is 237 g/mol. The second-order valence-corrected chi connectivity index (χ2v) is 4.89. The summed E-state index contributed by atoms with van der Waals surface area (Å²) in [5, 5.41) is 20.4. The van der Waals surface area contributed by atoms with Crippen molar-refractivity contribution in [3.05, 3.63) is 17.3 Å². The topological polar surface area (TPSA) is 66.5 Å². The lowest BCUT2D eigenvalue weighted by Crippen LogP contribution is -2.24. The smallest absolute Gasteiger partial charge is 0.165 e. The highest BCUT2D eigenvalue weighted by atomic mass is 32.1. The van der Waals surface area contributed by atoms with Gasteiger partial charge in [-0.2, -0.15) is 5.10 Å². The Balaban J connectivity index is 1.93. The van der Waals surface area contributed by atoms with Crippen LogP contribution in [0.1, 0.15) is 18.9 Å². The number of rotatable bonds is 5. The van der Waals surface area contributed by atoms with Crippen LogP contribution >= 0.6 is 11.3 Å². The Kier molecular flexibility index (Phi) is 3.63. The van der Waals surface area contributed by atoms with Crippen LogP contribution in [0.3, 0.4) is 0 Å². The molecule has 86 valence electrons. The zero-order chi connectivity index (χ0) is 11.4. The minimum atomic E-state index is 0.514. The molecule has 0 spiro atoms. The first-order chi connectivity index (χ1) is 7.75. The molecule has 6 heteroatoms. The number of H-pyrrole nitrogens is 1. The van der Waals surface area contributed by atoms with E-state index in [2.05, 4.69) is 39.6 Å². The van der Waals surface area contributed by atoms with Gasteiger partial charge in [-0.05, 0) is 6.07 Å². The van der Waals surface area contributed by atoms with Crippen LogP contribution in [0.5, 0.6) is 0 Å². The standard InChI is InChI=1S/C10H15N5S/c1-7(2)11-5-4-9-14-15-10(16-9)8-3-6-12-13-8/h3,6-7,11H,4-5H2,1-2H3,(H,12,13). The quantitative estimate of drug-likeness (QED) is 0.826. The second kappa shape index (κ2) is 5.18. The van der Waals surface area contributed by atoms with Crippen molar-refractivity contribution in [2.75, 3.05) is 6.54 Å². The lowest BCUT2D eigenvalue weighted by atomic mass is 10.3. The third-order valence-corrected chi connectivity index (χ3v) is 3.11. The molecule has 0 saturated heterocycles. The minimum Gasteiger partial charge on any atom is -0.314 e. The number of hydrogen-bond donors (Lipinski definition) is 2. The van der Waals surface area contributed by atoms with Crippen molar-refractivity contribution >= 4 is 11.3 Å². The maximum absolute atomic E-state index is 4.15. The van der Waals surface area contributed by atoms with Crippen molar-refractivity contribution in [2.45, 2.75) is 26.3 Å². The Hall–Kier alpha value is -1.27. The van der Waals surface area contributed by atoms with Gasteiger partial charge in [-0.15, -0.1) is 10.2 Å². The lowest BCUT2D eigenvalue weighted by molar-refractivity contribution is 0.588. The molecule has 0 aliphatic heterocycles. The van der Waals surface area contributed by atoms with Crippen molar-refractivity contribution < 1.29 is 0 Å². The van der Waals surface area contributed by atoms with Gasteiger partial charge in [-0.25, -0.2) is 0 Å². The van der Waals surface area contributed by atoms with Gasteiger partial charge < -0.3 is 5.32 Å². The van der Waals surface area contributed by atoms with E-state index in [0.29, 0.717) is 6.04 Å². The molecule has 0 saturated carbocycles. The third-order valence-electron chi connectivity index (χ3n) is 2.09. The Morgan fingerprint density at radius 3 is 3.00 bits per heavy atom. The summed E-state index contributed by atoms with van der Waals surface area (Å²) >= 11 is 1.61. The molecular weight excluding hydrogens is 222 g/mol. The summed E-state index contributed by atoms with van der Waals surface area (Å²) in [4.78, 5) is 0. The molecule has 0 aliphatic carbocycles. The van der Waals surface area contributed by atoms with Crippen molar-refractivity contribution in [1.29, 1.82) is 0 Å². The van der Waals surface area contributed by atoms with Crippen molar-refractivity contribution in [3.63, 3.8) is 0 Å². The predicted molar refractivity (Wildman–Crippen MR) is 64.3 cm³/mol. The largest absolute Gasteiger partial charge is 0.314 e. The summed E-state index contributed by atoms with van der Waals surface area (Å²) in [6.45, 7) is 5.21. The fourth-order valence-electron chi connectivity index (χ4n) is 1.31. The number of nitrogens with zero attached hydrogens (tertiary/aromatic N) is 3. The van der Waals surface area contributed by atoms with Gasteiger partial charge in [0.1, 0.15) is 5.01 Å². The lowest BCUT2D eigenvalue weighted by Gasteiger charge is -2.04. The molecule has 2 rings (SSSR count). The van der Waals surface area contributed by atoms with Gasteiger partial charge in [0.25, 0.3) is 0 Å². The van der Waals surface area contributed by atoms with Crippen LogP contribution < -0.4 is 5.32 Å². The molecule has 2 aromatic rings. The van der Waals surface area contributed by atoms with Crippen LogP contribution in [0.15, 0.2) is 12.3 Å². The molecule has 0 bridgehead atoms. The molecule has 0 aliphatic rings. The van der Waals surface area contributed by atoms with Gasteiger partial charge in [-0.1, -0.05) is 25.2 Å². The third kappa shape index (κ3) is 2.86. The Bertz CT molecular complexity index is 420. The first kappa shape index (κ1) is 11.2. The molecular formula is C10H15N5S. The normalized spacial score (nSPS) is 11.2. The van der Waals surface area contributed by atoms with Crippen LogP contribution in [0, 0.1) is 0 Å². The van der Waals surface area contributed by atoms with Crippen LogP contribution in [0.25, 0.3) is 10.7 Å². The maximum Gasteiger partial charge on any atom is 0.165 e. The van der Waals surface area contributed by atoms with E-state index in [-0.39, 0.29) is 0 Å². The Morgan fingerprint density at radius 2 is 2.31 bits per heavy atom. The highest BCUT2D eigenvalue weighted by Crippen LogP contribution is 2.20. The molecule has 0 aromatic carbocycles. The van der Waals surface area contributed by atoms with E-state index in [0.717, 1.165) is 28.7 Å². The van der Waals surface area contributed by atoms with Gasteiger partial charge >= 0.3 is 0 Å². The number of aromatic nitrogens is 4. The van der Waals surface area contributed by atoms with Gasteiger partial charge in [0, 0.05) is 25.2 Å². The van der Waals surface area contributed by atoms with Crippen molar-refractivity contribution in [2.24, 2.45) is 0 Å². The number of aromatic amines is 1. The zero-order valence-electron chi connectivity index (χ0n) is 9.40. The van der Waals surface area contributed by atoms with Crippen molar-refractivity contribution in [3.8, 4) is 10.7 Å². The van der Waals surface area contributed by atoms with Gasteiger partial charge in [0.05, 0.1) is 5.69 Å². The second-order valence-electron chi connectivity index (χ2n) is 3.83. The first-order valence-electron chi connectivity index (χ1n) is 5.31. The highest BCUT2D eigenvalue weighted by molar-refractivity contribution is 7.14. The predicted octanol–water partition coefficient (Wildman–Crippen LogP) is 1.47. The van der Waals surface area contributed by atoms with Crippen LogP contribution in [-0.4, -0.2) is 33.0 Å². The van der Waals surface area contributed by atoms with E-state index in [4.69, 9.17) is 0 Å².